The Morgan fingerprint density at radius 2 is 1.70 bits per heavy atom. The van der Waals surface area contributed by atoms with Crippen LogP contribution in [-0.4, -0.2) is 4.98 Å². The van der Waals surface area contributed by atoms with Gasteiger partial charge in [-0.05, 0) is 6.07 Å². The Morgan fingerprint density at radius 3 is 2.45 bits per heavy atom. The highest BCUT2D eigenvalue weighted by Gasteiger charge is 2.14. The van der Waals surface area contributed by atoms with Crippen LogP contribution in [0.2, 0.25) is 0 Å². The molecule has 0 amide bonds. The van der Waals surface area contributed by atoms with E-state index in [4.69, 9.17) is 10.2 Å². The van der Waals surface area contributed by atoms with Crippen molar-refractivity contribution in [1.29, 1.82) is 0 Å². The Bertz CT molecular complexity index is 754. The second-order valence-electron chi connectivity index (χ2n) is 4.25. The third kappa shape index (κ3) is 2.14. The summed E-state index contributed by atoms with van der Waals surface area (Å²) in [6.45, 7) is 0. The highest BCUT2D eigenvalue weighted by Crippen LogP contribution is 2.30. The predicted octanol–water partition coefficient (Wildman–Crippen LogP) is 3.87. The monoisotopic (exact) mass is 272 g/mol. The zero-order chi connectivity index (χ0) is 14.1. The van der Waals surface area contributed by atoms with Gasteiger partial charge in [-0.15, -0.1) is 0 Å². The van der Waals surface area contributed by atoms with Crippen LogP contribution in [0.5, 0.6) is 0 Å². The molecule has 3 aromatic rings. The van der Waals surface area contributed by atoms with E-state index in [2.05, 4.69) is 4.98 Å². The maximum Gasteiger partial charge on any atom is 0.228 e. The van der Waals surface area contributed by atoms with Crippen LogP contribution in [-0.2, 0) is 0 Å². The molecule has 100 valence electrons. The van der Waals surface area contributed by atoms with Crippen molar-refractivity contribution in [2.24, 2.45) is 0 Å². The number of oxazole rings is 1. The van der Waals surface area contributed by atoms with Crippen LogP contribution in [0, 0.1) is 11.6 Å². The van der Waals surface area contributed by atoms with Crippen LogP contribution in [0.25, 0.3) is 22.8 Å². The number of benzene rings is 2. The van der Waals surface area contributed by atoms with Crippen molar-refractivity contribution in [1.82, 2.24) is 4.98 Å². The maximum absolute atomic E-state index is 13.3. The number of aromatic nitrogens is 1. The Morgan fingerprint density at radius 1 is 1.00 bits per heavy atom. The van der Waals surface area contributed by atoms with Crippen LogP contribution >= 0.6 is 0 Å². The average molecular weight is 272 g/mol. The van der Waals surface area contributed by atoms with E-state index in [1.807, 2.05) is 30.3 Å². The lowest BCUT2D eigenvalue weighted by Crippen LogP contribution is -1.94. The summed E-state index contributed by atoms with van der Waals surface area (Å²) in [6.07, 6.45) is 1.52. The Hall–Kier alpha value is -2.69. The molecular formula is C15H10F2N2O. The van der Waals surface area contributed by atoms with Gasteiger partial charge < -0.3 is 10.2 Å². The van der Waals surface area contributed by atoms with Crippen LogP contribution in [0.1, 0.15) is 0 Å². The van der Waals surface area contributed by atoms with Gasteiger partial charge in [0.15, 0.2) is 17.4 Å². The minimum Gasteiger partial charge on any atom is -0.436 e. The fraction of sp³-hybridized carbons (Fsp3) is 0. The Labute approximate surface area is 113 Å². The number of hydrogen-bond donors (Lipinski definition) is 1. The molecule has 0 unspecified atom stereocenters. The molecule has 3 rings (SSSR count). The number of halogens is 2. The quantitative estimate of drug-likeness (QED) is 0.720. The second kappa shape index (κ2) is 4.77. The number of nitrogens with zero attached hydrogens (tertiary/aromatic N) is 1. The normalized spacial score (nSPS) is 10.7. The molecule has 20 heavy (non-hydrogen) atoms. The zero-order valence-corrected chi connectivity index (χ0v) is 10.3. The first-order valence-corrected chi connectivity index (χ1v) is 5.91. The summed E-state index contributed by atoms with van der Waals surface area (Å²) in [5.74, 6) is -1.31. The lowest BCUT2D eigenvalue weighted by atomic mass is 10.1. The molecule has 0 radical (unpaired) electrons. The van der Waals surface area contributed by atoms with Crippen molar-refractivity contribution in [2.45, 2.75) is 0 Å². The molecule has 0 aliphatic rings. The number of anilines is 1. The van der Waals surface area contributed by atoms with E-state index < -0.39 is 11.6 Å². The van der Waals surface area contributed by atoms with Gasteiger partial charge in [-0.2, -0.15) is 0 Å². The summed E-state index contributed by atoms with van der Waals surface area (Å²) in [5.41, 5.74) is 6.81. The van der Waals surface area contributed by atoms with Gasteiger partial charge in [-0.25, -0.2) is 13.8 Å². The molecule has 0 saturated carbocycles. The minimum absolute atomic E-state index is 0.0744. The highest BCUT2D eigenvalue weighted by molar-refractivity contribution is 5.71. The Balaban J connectivity index is 2.05. The van der Waals surface area contributed by atoms with Crippen molar-refractivity contribution in [3.63, 3.8) is 0 Å². The van der Waals surface area contributed by atoms with Crippen LogP contribution < -0.4 is 5.73 Å². The van der Waals surface area contributed by atoms with Crippen molar-refractivity contribution < 1.29 is 13.2 Å². The van der Waals surface area contributed by atoms with E-state index in [0.717, 1.165) is 17.7 Å². The lowest BCUT2D eigenvalue weighted by molar-refractivity contribution is 0.508. The average Bonchev–Trinajstić information content (AvgIpc) is 2.93. The molecule has 0 saturated heterocycles. The van der Waals surface area contributed by atoms with Crippen LogP contribution in [0.15, 0.2) is 53.1 Å². The third-order valence-electron chi connectivity index (χ3n) is 2.89. The fourth-order valence-electron chi connectivity index (χ4n) is 1.88. The molecular weight excluding hydrogens is 262 g/mol. The molecule has 3 nitrogen and oxygen atoms in total. The summed E-state index contributed by atoms with van der Waals surface area (Å²) < 4.78 is 31.9. The van der Waals surface area contributed by atoms with Crippen LogP contribution in [0.4, 0.5) is 14.5 Å². The van der Waals surface area contributed by atoms with Gasteiger partial charge >= 0.3 is 0 Å². The van der Waals surface area contributed by atoms with Crippen molar-refractivity contribution >= 4 is 5.69 Å². The molecule has 1 heterocycles. The van der Waals surface area contributed by atoms with Gasteiger partial charge in [0.25, 0.3) is 0 Å². The smallest absolute Gasteiger partial charge is 0.228 e. The summed E-state index contributed by atoms with van der Waals surface area (Å²) in [6, 6.07) is 11.2. The van der Waals surface area contributed by atoms with E-state index in [9.17, 15) is 8.78 Å². The first-order chi connectivity index (χ1) is 9.65. The molecule has 0 fully saturated rings. The summed E-state index contributed by atoms with van der Waals surface area (Å²) >= 11 is 0. The molecule has 2 aromatic carbocycles. The molecule has 5 heteroatoms. The standard InChI is InChI=1S/C15H10F2N2O/c16-11-6-10(13(18)7-12(11)17)15-19-8-14(20-15)9-4-2-1-3-5-9/h1-8H,18H2. The SMILES string of the molecule is Nc1cc(F)c(F)cc1-c1ncc(-c2ccccc2)o1. The maximum atomic E-state index is 13.3. The van der Waals surface area contributed by atoms with Gasteiger partial charge in [0.2, 0.25) is 5.89 Å². The number of hydrogen-bond acceptors (Lipinski definition) is 3. The van der Waals surface area contributed by atoms with E-state index in [-0.39, 0.29) is 17.1 Å². The minimum atomic E-state index is -0.999. The van der Waals surface area contributed by atoms with Crippen molar-refractivity contribution in [3.05, 3.63) is 60.3 Å². The molecule has 1 aromatic heterocycles. The topological polar surface area (TPSA) is 52.0 Å². The van der Waals surface area contributed by atoms with Gasteiger partial charge in [0.05, 0.1) is 11.8 Å². The summed E-state index contributed by atoms with van der Waals surface area (Å²) in [5, 5.41) is 0. The van der Waals surface area contributed by atoms with E-state index >= 15 is 0 Å². The first kappa shape index (κ1) is 12.3. The Kier molecular flexibility index (Phi) is 2.95. The largest absolute Gasteiger partial charge is 0.436 e. The first-order valence-electron chi connectivity index (χ1n) is 5.91. The molecule has 0 spiro atoms. The van der Waals surface area contributed by atoms with Gasteiger partial charge in [-0.3, -0.25) is 0 Å². The number of nitrogens with two attached hydrogens (primary N) is 1. The van der Waals surface area contributed by atoms with Crippen molar-refractivity contribution in [3.8, 4) is 22.8 Å². The van der Waals surface area contributed by atoms with Crippen LogP contribution in [0.3, 0.4) is 0 Å². The molecule has 0 aliphatic heterocycles. The molecule has 2 N–H and O–H groups in total. The summed E-state index contributed by atoms with van der Waals surface area (Å²) in [4.78, 5) is 4.06. The number of nitrogen functional groups attached to an aromatic ring is 1. The predicted molar refractivity (Wildman–Crippen MR) is 71.7 cm³/mol. The molecule has 0 aliphatic carbocycles. The molecule has 0 bridgehead atoms. The van der Waals surface area contributed by atoms with Gasteiger partial charge in [0, 0.05) is 17.3 Å². The van der Waals surface area contributed by atoms with Crippen molar-refractivity contribution in [2.75, 3.05) is 5.73 Å². The second-order valence-corrected chi connectivity index (χ2v) is 4.25. The molecule has 0 atom stereocenters. The van der Waals surface area contributed by atoms with E-state index in [0.29, 0.717) is 5.76 Å². The van der Waals surface area contributed by atoms with Gasteiger partial charge in [-0.1, -0.05) is 30.3 Å². The summed E-state index contributed by atoms with van der Waals surface area (Å²) in [7, 11) is 0. The van der Waals surface area contributed by atoms with Gasteiger partial charge in [0.1, 0.15) is 0 Å². The van der Waals surface area contributed by atoms with E-state index in [1.165, 1.54) is 6.20 Å². The fourth-order valence-corrected chi connectivity index (χ4v) is 1.88. The van der Waals surface area contributed by atoms with E-state index in [1.54, 1.807) is 0 Å². The zero-order valence-electron chi connectivity index (χ0n) is 10.3. The number of rotatable bonds is 2. The lowest BCUT2D eigenvalue weighted by Gasteiger charge is -2.02. The highest BCUT2D eigenvalue weighted by atomic mass is 19.2. The third-order valence-corrected chi connectivity index (χ3v) is 2.89.